The first-order chi connectivity index (χ1) is 7.75. The van der Waals surface area contributed by atoms with Gasteiger partial charge in [0, 0.05) is 19.0 Å². The number of amides is 1. The third kappa shape index (κ3) is 4.28. The van der Waals surface area contributed by atoms with Gasteiger partial charge in [0.25, 0.3) is 0 Å². The lowest BCUT2D eigenvalue weighted by Crippen LogP contribution is -2.63. The normalized spacial score (nSPS) is 20.4. The highest BCUT2D eigenvalue weighted by Crippen LogP contribution is 2.19. The van der Waals surface area contributed by atoms with E-state index in [1.807, 2.05) is 20.8 Å². The molecule has 1 aliphatic rings. The lowest BCUT2D eigenvalue weighted by Gasteiger charge is -2.40. The molecule has 4 nitrogen and oxygen atoms in total. The van der Waals surface area contributed by atoms with Crippen LogP contribution in [0, 0.1) is 5.92 Å². The predicted octanol–water partition coefficient (Wildman–Crippen LogP) is 2.00. The Morgan fingerprint density at radius 3 is 2.24 bits per heavy atom. The molecule has 1 saturated heterocycles. The molecular formula is C13H27N2O2+. The number of ether oxygens (including phenoxy) is 1. The first kappa shape index (κ1) is 14.5. The fourth-order valence-corrected chi connectivity index (χ4v) is 2.32. The van der Waals surface area contributed by atoms with Crippen molar-refractivity contribution in [3.05, 3.63) is 0 Å². The van der Waals surface area contributed by atoms with Crippen molar-refractivity contribution in [2.24, 2.45) is 5.92 Å². The van der Waals surface area contributed by atoms with Gasteiger partial charge < -0.3 is 10.1 Å². The van der Waals surface area contributed by atoms with Crippen molar-refractivity contribution in [3.8, 4) is 0 Å². The van der Waals surface area contributed by atoms with E-state index in [0.29, 0.717) is 10.4 Å². The minimum Gasteiger partial charge on any atom is -0.414 e. The topological polar surface area (TPSA) is 38.3 Å². The van der Waals surface area contributed by atoms with Crippen LogP contribution in [0.3, 0.4) is 0 Å². The number of hydrogen-bond acceptors (Lipinski definition) is 3. The summed E-state index contributed by atoms with van der Waals surface area (Å²) in [6.07, 6.45) is -0.0623. The molecule has 0 radical (unpaired) electrons. The Kier molecular flexibility index (Phi) is 4.55. The van der Waals surface area contributed by atoms with Gasteiger partial charge >= 0.3 is 6.09 Å². The van der Waals surface area contributed by atoms with Gasteiger partial charge in [0.15, 0.2) is 0 Å². The molecule has 1 aliphatic heterocycles. The first-order valence-electron chi connectivity index (χ1n) is 6.55. The zero-order valence-electron chi connectivity index (χ0n) is 11.9. The lowest BCUT2D eigenvalue weighted by molar-refractivity contribution is -0.863. The van der Waals surface area contributed by atoms with Crippen LogP contribution in [-0.2, 0) is 4.74 Å². The Morgan fingerprint density at radius 2 is 1.82 bits per heavy atom. The Morgan fingerprint density at radius 1 is 1.29 bits per heavy atom. The maximum atomic E-state index is 12.4. The minimum absolute atomic E-state index is 0.0623. The molecule has 4 heteroatoms. The average Bonchev–Trinajstić information content (AvgIpc) is 2.15. The summed E-state index contributed by atoms with van der Waals surface area (Å²) in [4.78, 5) is 12.4. The molecule has 100 valence electrons. The van der Waals surface area contributed by atoms with Gasteiger partial charge in [0.1, 0.15) is 18.7 Å². The maximum absolute atomic E-state index is 12.4. The molecule has 0 aromatic carbocycles. The number of nitrogens with zero attached hydrogens (tertiary/aromatic N) is 1. The molecule has 0 aromatic heterocycles. The molecular weight excluding hydrogens is 216 g/mol. The summed E-state index contributed by atoms with van der Waals surface area (Å²) in [6.45, 7) is 14.4. The monoisotopic (exact) mass is 243 g/mol. The van der Waals surface area contributed by atoms with Crippen LogP contribution in [0.2, 0.25) is 0 Å². The van der Waals surface area contributed by atoms with E-state index < -0.39 is 5.60 Å². The number of hydrogen-bond donors (Lipinski definition) is 1. The minimum atomic E-state index is -0.399. The zero-order chi connectivity index (χ0) is 13.1. The number of quaternary nitrogens is 1. The summed E-state index contributed by atoms with van der Waals surface area (Å²) >= 11 is 0. The van der Waals surface area contributed by atoms with E-state index in [1.165, 1.54) is 0 Å². The van der Waals surface area contributed by atoms with Crippen LogP contribution in [-0.4, -0.2) is 48.9 Å². The van der Waals surface area contributed by atoms with E-state index in [2.05, 4.69) is 19.2 Å². The standard InChI is InChI=1S/C13H27N2O2/c1-11(2)10-15(8-6-14-7-9-15)12(16)17-13(3,4)5/h11,14H,6-10H2,1-5H3/q+1. The summed E-state index contributed by atoms with van der Waals surface area (Å²) in [6, 6.07) is 0. The van der Waals surface area contributed by atoms with Crippen LogP contribution in [0.4, 0.5) is 4.79 Å². The highest BCUT2D eigenvalue weighted by molar-refractivity contribution is 5.60. The second kappa shape index (κ2) is 5.36. The third-order valence-corrected chi connectivity index (χ3v) is 2.93. The molecule has 0 saturated carbocycles. The van der Waals surface area contributed by atoms with Crippen molar-refractivity contribution in [3.63, 3.8) is 0 Å². The highest BCUT2D eigenvalue weighted by atomic mass is 16.6. The van der Waals surface area contributed by atoms with Gasteiger partial charge in [0.2, 0.25) is 0 Å². The van der Waals surface area contributed by atoms with Gasteiger partial charge in [-0.2, -0.15) is 4.79 Å². The lowest BCUT2D eigenvalue weighted by atomic mass is 10.1. The fourth-order valence-electron chi connectivity index (χ4n) is 2.32. The van der Waals surface area contributed by atoms with Crippen LogP contribution in [0.15, 0.2) is 0 Å². The van der Waals surface area contributed by atoms with Gasteiger partial charge in [-0.3, -0.25) is 0 Å². The van der Waals surface area contributed by atoms with Crippen LogP contribution < -0.4 is 5.32 Å². The molecule has 0 spiro atoms. The van der Waals surface area contributed by atoms with Crippen molar-refractivity contribution in [2.45, 2.75) is 40.2 Å². The predicted molar refractivity (Wildman–Crippen MR) is 68.8 cm³/mol. The molecule has 0 unspecified atom stereocenters. The molecule has 0 aromatic rings. The third-order valence-electron chi connectivity index (χ3n) is 2.93. The van der Waals surface area contributed by atoms with E-state index in [1.54, 1.807) is 0 Å². The Bertz CT molecular complexity index is 263. The quantitative estimate of drug-likeness (QED) is 0.754. The highest BCUT2D eigenvalue weighted by Gasteiger charge is 2.42. The van der Waals surface area contributed by atoms with Crippen molar-refractivity contribution in [1.29, 1.82) is 0 Å². The smallest absolute Gasteiger partial charge is 0.414 e. The zero-order valence-corrected chi connectivity index (χ0v) is 11.9. The van der Waals surface area contributed by atoms with Crippen molar-refractivity contribution >= 4 is 6.09 Å². The van der Waals surface area contributed by atoms with Gasteiger partial charge in [-0.1, -0.05) is 13.8 Å². The van der Waals surface area contributed by atoms with Crippen LogP contribution in [0.25, 0.3) is 0 Å². The summed E-state index contributed by atoms with van der Waals surface area (Å²) < 4.78 is 6.06. The number of nitrogens with one attached hydrogen (secondary N) is 1. The molecule has 1 fully saturated rings. The Balaban J connectivity index is 2.78. The van der Waals surface area contributed by atoms with Gasteiger partial charge in [-0.05, 0) is 20.8 Å². The molecule has 1 heterocycles. The Hall–Kier alpha value is -0.610. The summed E-state index contributed by atoms with van der Waals surface area (Å²) in [5.74, 6) is 0.501. The van der Waals surface area contributed by atoms with E-state index in [0.717, 1.165) is 32.7 Å². The number of piperazine rings is 1. The first-order valence-corrected chi connectivity index (χ1v) is 6.55. The second-order valence-corrected chi connectivity index (χ2v) is 6.40. The molecule has 0 bridgehead atoms. The molecule has 0 aliphatic carbocycles. The summed E-state index contributed by atoms with van der Waals surface area (Å²) in [7, 11) is 0. The van der Waals surface area contributed by atoms with E-state index in [9.17, 15) is 4.79 Å². The second-order valence-electron chi connectivity index (χ2n) is 6.40. The van der Waals surface area contributed by atoms with E-state index in [-0.39, 0.29) is 6.09 Å². The summed E-state index contributed by atoms with van der Waals surface area (Å²) in [5.41, 5.74) is -0.399. The SMILES string of the molecule is CC(C)C[N+]1(C(=O)OC(C)(C)C)CCNCC1. The Labute approximate surface area is 105 Å². The molecule has 1 rings (SSSR count). The molecule has 17 heavy (non-hydrogen) atoms. The maximum Gasteiger partial charge on any atom is 0.516 e. The van der Waals surface area contributed by atoms with Crippen molar-refractivity contribution < 1.29 is 14.0 Å². The molecule has 1 N–H and O–H groups in total. The molecule has 0 atom stereocenters. The average molecular weight is 243 g/mol. The van der Waals surface area contributed by atoms with Gasteiger partial charge in [0.05, 0.1) is 6.54 Å². The van der Waals surface area contributed by atoms with Crippen LogP contribution in [0.1, 0.15) is 34.6 Å². The van der Waals surface area contributed by atoms with E-state index in [4.69, 9.17) is 4.74 Å². The fraction of sp³-hybridized carbons (Fsp3) is 0.923. The van der Waals surface area contributed by atoms with Crippen molar-refractivity contribution in [2.75, 3.05) is 32.7 Å². The van der Waals surface area contributed by atoms with E-state index >= 15 is 0 Å². The van der Waals surface area contributed by atoms with Gasteiger partial charge in [-0.15, -0.1) is 0 Å². The molecule has 1 amide bonds. The van der Waals surface area contributed by atoms with Crippen molar-refractivity contribution in [1.82, 2.24) is 5.32 Å². The number of carbonyl (C=O) groups is 1. The summed E-state index contributed by atoms with van der Waals surface area (Å²) in [5, 5.41) is 3.31. The largest absolute Gasteiger partial charge is 0.516 e. The number of carbonyl (C=O) groups excluding carboxylic acids is 1. The van der Waals surface area contributed by atoms with Crippen LogP contribution >= 0.6 is 0 Å². The van der Waals surface area contributed by atoms with Crippen LogP contribution in [0.5, 0.6) is 0 Å². The number of rotatable bonds is 2. The van der Waals surface area contributed by atoms with Gasteiger partial charge in [-0.25, -0.2) is 4.48 Å².